The van der Waals surface area contributed by atoms with Crippen molar-refractivity contribution in [3.63, 3.8) is 0 Å². The van der Waals surface area contributed by atoms with E-state index in [-0.39, 0.29) is 23.3 Å². The van der Waals surface area contributed by atoms with Gasteiger partial charge in [0.25, 0.3) is 0 Å². The molecule has 52 heavy (non-hydrogen) atoms. The van der Waals surface area contributed by atoms with Crippen molar-refractivity contribution in [3.8, 4) is 11.5 Å². The van der Waals surface area contributed by atoms with Crippen molar-refractivity contribution < 1.29 is 19.1 Å². The van der Waals surface area contributed by atoms with Crippen molar-refractivity contribution >= 4 is 11.7 Å². The van der Waals surface area contributed by atoms with Crippen LogP contribution in [0.1, 0.15) is 113 Å². The normalized spacial score (nSPS) is 24.2. The number of hydrogen-bond acceptors (Lipinski definition) is 5. The minimum atomic E-state index is -0.155. The Morgan fingerprint density at radius 2 is 1.48 bits per heavy atom. The highest BCUT2D eigenvalue weighted by molar-refractivity contribution is 5.78. The molecule has 3 aromatic carbocycles. The number of hydrogen-bond donors (Lipinski definition) is 0. The van der Waals surface area contributed by atoms with Crippen LogP contribution in [0.15, 0.2) is 72.8 Å². The number of unbranched alkanes of at least 4 members (excludes halogenated alkanes) is 7. The van der Waals surface area contributed by atoms with Crippen molar-refractivity contribution in [1.82, 2.24) is 9.80 Å². The molecule has 0 aromatic heterocycles. The van der Waals surface area contributed by atoms with Crippen LogP contribution in [-0.2, 0) is 34.3 Å². The fourth-order valence-electron chi connectivity index (χ4n) is 10.6. The second-order valence-corrected chi connectivity index (χ2v) is 16.1. The number of aryl methyl sites for hydroxylation is 2. The van der Waals surface area contributed by atoms with E-state index in [1.165, 1.54) is 67.2 Å². The van der Waals surface area contributed by atoms with Gasteiger partial charge in [-0.15, -0.1) is 0 Å². The first kappa shape index (κ1) is 36.7. The fourth-order valence-corrected chi connectivity index (χ4v) is 10.6. The summed E-state index contributed by atoms with van der Waals surface area (Å²) in [4.78, 5) is 31.5. The molecule has 2 aliphatic carbocycles. The number of methoxy groups -OCH3 is 1. The SMILES string of the molecule is COc1ccc2c3c1O[C@H]1[C@@H](N(CCCc4ccccc4)C(=O)CCCCCCCCCCc4ccccc4)CC[C@H]4[C@@H](C2)N(CC(C)=O)CC[C@@]341. The van der Waals surface area contributed by atoms with Gasteiger partial charge in [0.1, 0.15) is 11.9 Å². The van der Waals surface area contributed by atoms with Crippen LogP contribution in [0.3, 0.4) is 0 Å². The highest BCUT2D eigenvalue weighted by Gasteiger charge is 2.66. The Balaban J connectivity index is 1.01. The summed E-state index contributed by atoms with van der Waals surface area (Å²) in [6, 6.07) is 26.1. The van der Waals surface area contributed by atoms with E-state index in [1.54, 1.807) is 14.0 Å². The number of rotatable bonds is 19. The van der Waals surface area contributed by atoms with Gasteiger partial charge >= 0.3 is 0 Å². The molecule has 1 saturated heterocycles. The molecular formula is C46H60N2O4. The zero-order valence-electron chi connectivity index (χ0n) is 31.7. The summed E-state index contributed by atoms with van der Waals surface area (Å²) in [6.45, 7) is 3.87. The van der Waals surface area contributed by atoms with Crippen LogP contribution in [0.25, 0.3) is 0 Å². The second-order valence-electron chi connectivity index (χ2n) is 16.1. The molecule has 2 aliphatic heterocycles. The zero-order chi connectivity index (χ0) is 35.9. The molecule has 1 amide bonds. The van der Waals surface area contributed by atoms with Crippen LogP contribution in [0.5, 0.6) is 11.5 Å². The maximum Gasteiger partial charge on any atom is 0.222 e. The quantitative estimate of drug-likeness (QED) is 0.117. The zero-order valence-corrected chi connectivity index (χ0v) is 31.7. The highest BCUT2D eigenvalue weighted by Crippen LogP contribution is 2.64. The van der Waals surface area contributed by atoms with Gasteiger partial charge in [0.05, 0.1) is 19.7 Å². The summed E-state index contributed by atoms with van der Waals surface area (Å²) in [5.41, 5.74) is 5.30. The number of likely N-dealkylation sites (tertiary alicyclic amines) is 1. The monoisotopic (exact) mass is 704 g/mol. The van der Waals surface area contributed by atoms with E-state index in [2.05, 4.69) is 82.6 Å². The average molecular weight is 705 g/mol. The second kappa shape index (κ2) is 17.0. The van der Waals surface area contributed by atoms with E-state index in [1.807, 2.05) is 0 Å². The molecule has 278 valence electrons. The summed E-state index contributed by atoms with van der Waals surface area (Å²) in [5.74, 6) is 2.66. The molecule has 1 saturated carbocycles. The van der Waals surface area contributed by atoms with Gasteiger partial charge in [0, 0.05) is 30.0 Å². The molecule has 1 spiro atoms. The van der Waals surface area contributed by atoms with Crippen molar-refractivity contribution in [2.45, 2.75) is 133 Å². The van der Waals surface area contributed by atoms with Crippen molar-refractivity contribution in [2.24, 2.45) is 5.92 Å². The van der Waals surface area contributed by atoms with E-state index in [4.69, 9.17) is 9.47 Å². The Bertz CT molecular complexity index is 1640. The number of piperidine rings is 1. The number of ether oxygens (including phenoxy) is 2. The summed E-state index contributed by atoms with van der Waals surface area (Å²) in [6.07, 6.45) is 17.2. The van der Waals surface area contributed by atoms with Crippen LogP contribution in [-0.4, -0.2) is 66.4 Å². The third-order valence-electron chi connectivity index (χ3n) is 12.9. The first-order valence-electron chi connectivity index (χ1n) is 20.5. The molecule has 6 nitrogen and oxygen atoms in total. The Kier molecular flexibility index (Phi) is 12.0. The minimum absolute atomic E-state index is 0.0264. The van der Waals surface area contributed by atoms with Crippen LogP contribution < -0.4 is 9.47 Å². The Hall–Kier alpha value is -3.64. The summed E-state index contributed by atoms with van der Waals surface area (Å²) in [5, 5.41) is 0. The van der Waals surface area contributed by atoms with Gasteiger partial charge in [0.15, 0.2) is 11.5 Å². The van der Waals surface area contributed by atoms with E-state index in [0.29, 0.717) is 30.8 Å². The lowest BCUT2D eigenvalue weighted by molar-refractivity contribution is -0.143. The topological polar surface area (TPSA) is 59.1 Å². The Morgan fingerprint density at radius 1 is 0.827 bits per heavy atom. The summed E-state index contributed by atoms with van der Waals surface area (Å²) >= 11 is 0. The van der Waals surface area contributed by atoms with Gasteiger partial charge in [0.2, 0.25) is 5.91 Å². The van der Waals surface area contributed by atoms with E-state index < -0.39 is 0 Å². The van der Waals surface area contributed by atoms with E-state index >= 15 is 0 Å². The molecule has 2 heterocycles. The predicted molar refractivity (Wildman–Crippen MR) is 208 cm³/mol. The number of amides is 1. The van der Waals surface area contributed by atoms with Gasteiger partial charge in [-0.25, -0.2) is 0 Å². The first-order chi connectivity index (χ1) is 25.5. The summed E-state index contributed by atoms with van der Waals surface area (Å²) < 4.78 is 13.1. The molecule has 6 heteroatoms. The maximum absolute atomic E-state index is 14.4. The standard InChI is InChI=1S/C46H60N2O4/c1-34(49)33-47-31-29-46-38-26-27-39(45(46)52-44-41(51-2)28-25-37(43(44)46)32-40(38)47)48(30-17-23-36-21-14-10-15-22-36)42(50)24-16-8-6-4-3-5-7-11-18-35-19-12-9-13-20-35/h9-10,12-15,19-22,25,28,38-40,45H,3-8,11,16-18,23-24,26-27,29-33H2,1-2H3/t38-,39-,40+,45-,46-/m0/s1. The van der Waals surface area contributed by atoms with E-state index in [0.717, 1.165) is 76.0 Å². The lowest BCUT2D eigenvalue weighted by Crippen LogP contribution is -2.69. The molecule has 4 aliphatic rings. The maximum atomic E-state index is 14.4. The third kappa shape index (κ3) is 7.69. The highest BCUT2D eigenvalue weighted by atomic mass is 16.5. The van der Waals surface area contributed by atoms with Gasteiger partial charge < -0.3 is 14.4 Å². The number of nitrogens with zero attached hydrogens (tertiary/aromatic N) is 2. The van der Waals surface area contributed by atoms with Crippen molar-refractivity contribution in [3.05, 3.63) is 95.1 Å². The lowest BCUT2D eigenvalue weighted by atomic mass is 9.51. The number of benzene rings is 3. The number of Topliss-reactive ketones (excluding diaryl/α,β-unsaturated/α-hetero) is 1. The largest absolute Gasteiger partial charge is 0.493 e. The van der Waals surface area contributed by atoms with Gasteiger partial charge in [-0.3, -0.25) is 14.5 Å². The molecule has 0 radical (unpaired) electrons. The molecular weight excluding hydrogens is 645 g/mol. The van der Waals surface area contributed by atoms with Crippen LogP contribution in [0, 0.1) is 5.92 Å². The fraction of sp³-hybridized carbons (Fsp3) is 0.565. The van der Waals surface area contributed by atoms with Gasteiger partial charge in [-0.1, -0.05) is 105 Å². The lowest BCUT2D eigenvalue weighted by Gasteiger charge is -2.60. The Labute approximate surface area is 312 Å². The Morgan fingerprint density at radius 3 is 2.15 bits per heavy atom. The molecule has 2 bridgehead atoms. The minimum Gasteiger partial charge on any atom is -0.493 e. The molecule has 5 atom stereocenters. The van der Waals surface area contributed by atoms with Crippen LogP contribution in [0.4, 0.5) is 0 Å². The molecule has 2 fully saturated rings. The van der Waals surface area contributed by atoms with Crippen molar-refractivity contribution in [1.29, 1.82) is 0 Å². The third-order valence-corrected chi connectivity index (χ3v) is 12.9. The first-order valence-corrected chi connectivity index (χ1v) is 20.5. The molecule has 7 rings (SSSR count). The van der Waals surface area contributed by atoms with Crippen LogP contribution in [0.2, 0.25) is 0 Å². The number of carbonyl (C=O) groups excluding carboxylic acids is 2. The molecule has 3 aromatic rings. The summed E-state index contributed by atoms with van der Waals surface area (Å²) in [7, 11) is 1.74. The van der Waals surface area contributed by atoms with Gasteiger partial charge in [-0.2, -0.15) is 0 Å². The predicted octanol–water partition coefficient (Wildman–Crippen LogP) is 8.91. The smallest absolute Gasteiger partial charge is 0.222 e. The van der Waals surface area contributed by atoms with E-state index in [9.17, 15) is 9.59 Å². The van der Waals surface area contributed by atoms with Crippen LogP contribution >= 0.6 is 0 Å². The number of carbonyl (C=O) groups is 2. The molecule has 0 N–H and O–H groups in total. The average Bonchev–Trinajstić information content (AvgIpc) is 3.51. The van der Waals surface area contributed by atoms with Gasteiger partial charge in [-0.05, 0) is 99.9 Å². The van der Waals surface area contributed by atoms with Crippen molar-refractivity contribution in [2.75, 3.05) is 26.7 Å². The molecule has 0 unspecified atom stereocenters. The number of ketones is 1.